The molecule has 3 aromatic carbocycles. The van der Waals surface area contributed by atoms with E-state index in [2.05, 4.69) is 15.0 Å². The van der Waals surface area contributed by atoms with Crippen LogP contribution in [0.4, 0.5) is 5.69 Å². The maximum Gasteiger partial charge on any atom is 0.261 e. The summed E-state index contributed by atoms with van der Waals surface area (Å²) in [5.41, 5.74) is 10.1. The average Bonchev–Trinajstić information content (AvgIpc) is 3.34. The maximum atomic E-state index is 13.8. The summed E-state index contributed by atoms with van der Waals surface area (Å²) >= 11 is 0. The van der Waals surface area contributed by atoms with Crippen molar-refractivity contribution >= 4 is 50.8 Å². The van der Waals surface area contributed by atoms with Crippen molar-refractivity contribution in [3.8, 4) is 0 Å². The normalized spacial score (nSPS) is 14.0. The number of benzene rings is 3. The molecule has 5 rings (SSSR count). The molecule has 9 nitrogen and oxygen atoms in total. The Balaban J connectivity index is 0.00000405. The van der Waals surface area contributed by atoms with Crippen molar-refractivity contribution < 1.29 is 18.0 Å². The van der Waals surface area contributed by atoms with Gasteiger partial charge in [-0.25, -0.2) is 8.42 Å². The average molecular weight is 610 g/mol. The van der Waals surface area contributed by atoms with E-state index in [0.717, 1.165) is 33.2 Å². The van der Waals surface area contributed by atoms with Crippen LogP contribution >= 0.6 is 12.4 Å². The number of nitrogens with two attached hydrogens (primary N) is 1. The fraction of sp³-hybridized carbons (Fsp3) is 0.290. The van der Waals surface area contributed by atoms with Gasteiger partial charge in [0.25, 0.3) is 10.0 Å². The summed E-state index contributed by atoms with van der Waals surface area (Å²) in [5, 5.41) is 3.89. The minimum Gasteiger partial charge on any atom is -0.361 e. The first-order chi connectivity index (χ1) is 19.4. The number of para-hydroxylation sites is 1. The molecule has 4 aromatic rings. The lowest BCUT2D eigenvalue weighted by Gasteiger charge is -2.33. The number of rotatable bonds is 8. The van der Waals surface area contributed by atoms with Gasteiger partial charge in [-0.05, 0) is 74.2 Å². The van der Waals surface area contributed by atoms with Gasteiger partial charge in [-0.1, -0.05) is 42.0 Å². The number of nitrogens with one attached hydrogen (secondary N) is 3. The largest absolute Gasteiger partial charge is 0.361 e. The molecule has 0 radical (unpaired) electrons. The highest BCUT2D eigenvalue weighted by atomic mass is 35.5. The van der Waals surface area contributed by atoms with Crippen LogP contribution in [0.1, 0.15) is 36.1 Å². The number of hydrogen-bond donors (Lipinski definition) is 4. The Labute approximate surface area is 252 Å². The van der Waals surface area contributed by atoms with Crippen molar-refractivity contribution in [3.63, 3.8) is 0 Å². The third kappa shape index (κ3) is 6.78. The summed E-state index contributed by atoms with van der Waals surface area (Å²) in [6.45, 7) is 5.91. The van der Waals surface area contributed by atoms with Crippen LogP contribution in [-0.4, -0.2) is 48.2 Å². The second-order valence-corrected chi connectivity index (χ2v) is 12.9. The summed E-state index contributed by atoms with van der Waals surface area (Å²) in [6, 6.07) is 19.1. The lowest BCUT2D eigenvalue weighted by Crippen LogP contribution is -2.57. The summed E-state index contributed by atoms with van der Waals surface area (Å²) < 4.78 is 28.4. The first kappa shape index (κ1) is 31.1. The second-order valence-electron chi connectivity index (χ2n) is 11.2. The standard InChI is InChI=1S/C31H35N5O4S.ClH/c1-20-8-12-25(13-9-20)41(39,40)35-24-11-10-22-19-36(15-14-21(22)16-24)29(37)28(34-30(38)31(2,3)32)17-23-18-33-27-7-5-4-6-26(23)27;/h4-13,16,18,28,33,35H,14-15,17,19,32H2,1-3H3,(H,34,38);1H. The second kappa shape index (κ2) is 12.2. The number of halogens is 1. The van der Waals surface area contributed by atoms with Gasteiger partial charge in [0.1, 0.15) is 6.04 Å². The molecule has 1 unspecified atom stereocenters. The molecule has 1 aromatic heterocycles. The van der Waals surface area contributed by atoms with E-state index in [1.165, 1.54) is 0 Å². The number of H-pyrrole nitrogens is 1. The zero-order valence-electron chi connectivity index (χ0n) is 23.8. The Morgan fingerprint density at radius 2 is 1.76 bits per heavy atom. The van der Waals surface area contributed by atoms with E-state index >= 15 is 0 Å². The molecule has 42 heavy (non-hydrogen) atoms. The van der Waals surface area contributed by atoms with Crippen LogP contribution in [0.25, 0.3) is 10.9 Å². The van der Waals surface area contributed by atoms with Crippen molar-refractivity contribution in [2.75, 3.05) is 11.3 Å². The molecule has 1 atom stereocenters. The summed E-state index contributed by atoms with van der Waals surface area (Å²) in [6.07, 6.45) is 2.74. The topological polar surface area (TPSA) is 137 Å². The molecule has 11 heteroatoms. The van der Waals surface area contributed by atoms with E-state index < -0.39 is 27.5 Å². The molecule has 2 amide bonds. The smallest absolute Gasteiger partial charge is 0.261 e. The van der Waals surface area contributed by atoms with Gasteiger partial charge in [0.2, 0.25) is 11.8 Å². The number of anilines is 1. The molecule has 0 spiro atoms. The van der Waals surface area contributed by atoms with E-state index in [1.807, 2.05) is 49.5 Å². The highest BCUT2D eigenvalue weighted by molar-refractivity contribution is 7.92. The van der Waals surface area contributed by atoms with Gasteiger partial charge >= 0.3 is 0 Å². The molecule has 0 saturated heterocycles. The predicted molar refractivity (Wildman–Crippen MR) is 167 cm³/mol. The fourth-order valence-electron chi connectivity index (χ4n) is 5.02. The van der Waals surface area contributed by atoms with Gasteiger partial charge in [0.05, 0.1) is 10.4 Å². The lowest BCUT2D eigenvalue weighted by molar-refractivity contribution is -0.138. The van der Waals surface area contributed by atoms with Crippen molar-refractivity contribution in [3.05, 3.63) is 95.2 Å². The molecule has 222 valence electrons. The van der Waals surface area contributed by atoms with E-state index in [0.29, 0.717) is 31.6 Å². The van der Waals surface area contributed by atoms with Gasteiger partial charge in [-0.3, -0.25) is 14.3 Å². The Bertz CT molecular complexity index is 1710. The monoisotopic (exact) mass is 609 g/mol. The van der Waals surface area contributed by atoms with Crippen LogP contribution in [0, 0.1) is 6.92 Å². The number of amides is 2. The number of aryl methyl sites for hydroxylation is 1. The highest BCUT2D eigenvalue weighted by Gasteiger charge is 2.32. The van der Waals surface area contributed by atoms with Crippen LogP contribution in [0.15, 0.2) is 77.8 Å². The zero-order chi connectivity index (χ0) is 29.4. The van der Waals surface area contributed by atoms with Gasteiger partial charge in [0, 0.05) is 42.3 Å². The fourth-order valence-corrected chi connectivity index (χ4v) is 6.07. The molecule has 0 saturated carbocycles. The summed E-state index contributed by atoms with van der Waals surface area (Å²) in [4.78, 5) is 31.9. The van der Waals surface area contributed by atoms with Crippen molar-refractivity contribution in [2.45, 2.75) is 56.6 Å². The molecule has 0 bridgehead atoms. The lowest BCUT2D eigenvalue weighted by atomic mass is 9.97. The van der Waals surface area contributed by atoms with E-state index in [9.17, 15) is 18.0 Å². The van der Waals surface area contributed by atoms with E-state index in [4.69, 9.17) is 5.73 Å². The maximum absolute atomic E-state index is 13.8. The SMILES string of the molecule is Cc1ccc(S(=O)(=O)Nc2ccc3c(c2)CCN(C(=O)C(Cc2c[nH]c4ccccc24)NC(=O)C(C)(C)N)C3)cc1.Cl. The third-order valence-corrected chi connectivity index (χ3v) is 8.80. The number of carbonyl (C=O) groups is 2. The number of fused-ring (bicyclic) bond motifs is 2. The van der Waals surface area contributed by atoms with Gasteiger partial charge in [-0.15, -0.1) is 12.4 Å². The van der Waals surface area contributed by atoms with Crippen LogP contribution in [-0.2, 0) is 39.0 Å². The van der Waals surface area contributed by atoms with Gasteiger partial charge < -0.3 is 20.9 Å². The summed E-state index contributed by atoms with van der Waals surface area (Å²) in [5.74, 6) is -0.596. The predicted octanol–water partition coefficient (Wildman–Crippen LogP) is 4.05. The Morgan fingerprint density at radius 1 is 1.05 bits per heavy atom. The van der Waals surface area contributed by atoms with Crippen molar-refractivity contribution in [1.82, 2.24) is 15.2 Å². The van der Waals surface area contributed by atoms with Gasteiger partial charge in [-0.2, -0.15) is 0 Å². The van der Waals surface area contributed by atoms with Crippen molar-refractivity contribution in [2.24, 2.45) is 5.73 Å². The van der Waals surface area contributed by atoms with Crippen LogP contribution < -0.4 is 15.8 Å². The number of carbonyl (C=O) groups excluding carboxylic acids is 2. The molecule has 0 aliphatic carbocycles. The number of nitrogens with zero attached hydrogens (tertiary/aromatic N) is 1. The number of aromatic amines is 1. The molecule has 2 heterocycles. The Morgan fingerprint density at radius 3 is 2.48 bits per heavy atom. The molecule has 5 N–H and O–H groups in total. The van der Waals surface area contributed by atoms with Crippen LogP contribution in [0.3, 0.4) is 0 Å². The molecule has 1 aliphatic rings. The van der Waals surface area contributed by atoms with Gasteiger partial charge in [0.15, 0.2) is 0 Å². The Hall–Kier alpha value is -3.86. The minimum atomic E-state index is -3.72. The number of hydrogen-bond acceptors (Lipinski definition) is 5. The molecular weight excluding hydrogens is 574 g/mol. The van der Waals surface area contributed by atoms with E-state index in [-0.39, 0.29) is 23.2 Å². The molecule has 1 aliphatic heterocycles. The highest BCUT2D eigenvalue weighted by Crippen LogP contribution is 2.26. The van der Waals surface area contributed by atoms with Crippen LogP contribution in [0.2, 0.25) is 0 Å². The third-order valence-electron chi connectivity index (χ3n) is 7.40. The molecule has 0 fully saturated rings. The van der Waals surface area contributed by atoms with E-state index in [1.54, 1.807) is 49.1 Å². The Kier molecular flexibility index (Phi) is 9.01. The van der Waals surface area contributed by atoms with Crippen LogP contribution in [0.5, 0.6) is 0 Å². The van der Waals surface area contributed by atoms with Crippen molar-refractivity contribution in [1.29, 1.82) is 0 Å². The number of aromatic nitrogens is 1. The molecular formula is C31H36ClN5O4S. The quantitative estimate of drug-likeness (QED) is 0.239. The zero-order valence-corrected chi connectivity index (χ0v) is 25.4. The first-order valence-corrected chi connectivity index (χ1v) is 15.0. The minimum absolute atomic E-state index is 0. The number of sulfonamides is 1. The first-order valence-electron chi connectivity index (χ1n) is 13.6. The summed E-state index contributed by atoms with van der Waals surface area (Å²) in [7, 11) is -3.72.